The number of carbonyl (C=O) groups is 2. The van der Waals surface area contributed by atoms with E-state index in [1.54, 1.807) is 29.3 Å². The average molecular weight is 441 g/mol. The monoisotopic (exact) mass is 440 g/mol. The molecule has 0 unspecified atom stereocenters. The molecular formula is C23H28N4O5. The second kappa shape index (κ2) is 9.59. The topological polar surface area (TPSA) is 94.8 Å². The van der Waals surface area contributed by atoms with Crippen LogP contribution in [0.3, 0.4) is 0 Å². The molecule has 0 aliphatic rings. The van der Waals surface area contributed by atoms with Crippen LogP contribution in [0.5, 0.6) is 11.5 Å². The summed E-state index contributed by atoms with van der Waals surface area (Å²) in [6.45, 7) is 2.66. The number of ether oxygens (including phenoxy) is 2. The van der Waals surface area contributed by atoms with E-state index in [2.05, 4.69) is 5.32 Å². The molecule has 0 aliphatic carbocycles. The Hall–Kier alpha value is -3.75. The molecule has 0 aliphatic heterocycles. The number of aryl methyl sites for hydroxylation is 2. The Labute approximate surface area is 186 Å². The van der Waals surface area contributed by atoms with Crippen LogP contribution in [-0.4, -0.2) is 54.2 Å². The highest BCUT2D eigenvalue weighted by Gasteiger charge is 2.20. The van der Waals surface area contributed by atoms with E-state index in [9.17, 15) is 14.4 Å². The summed E-state index contributed by atoms with van der Waals surface area (Å²) >= 11 is 0. The van der Waals surface area contributed by atoms with Gasteiger partial charge in [0.05, 0.1) is 36.5 Å². The van der Waals surface area contributed by atoms with Gasteiger partial charge in [-0.3, -0.25) is 18.7 Å². The highest BCUT2D eigenvalue weighted by Crippen LogP contribution is 2.34. The second-order valence-corrected chi connectivity index (χ2v) is 7.42. The van der Waals surface area contributed by atoms with E-state index in [1.165, 1.54) is 25.2 Å². The molecule has 0 bridgehead atoms. The normalized spacial score (nSPS) is 10.8. The van der Waals surface area contributed by atoms with Crippen LogP contribution in [0.1, 0.15) is 23.7 Å². The number of hydrogen-bond donors (Lipinski definition) is 1. The summed E-state index contributed by atoms with van der Waals surface area (Å²) < 4.78 is 13.9. The number of hydrogen-bond acceptors (Lipinski definition) is 5. The van der Waals surface area contributed by atoms with Gasteiger partial charge in [0.2, 0.25) is 5.91 Å². The van der Waals surface area contributed by atoms with Crippen molar-refractivity contribution in [3.63, 3.8) is 0 Å². The van der Waals surface area contributed by atoms with Gasteiger partial charge < -0.3 is 19.7 Å². The number of para-hydroxylation sites is 2. The molecule has 3 rings (SSSR count). The molecule has 1 aromatic heterocycles. The van der Waals surface area contributed by atoms with Gasteiger partial charge in [0, 0.05) is 39.7 Å². The Bertz CT molecular complexity index is 1210. The van der Waals surface area contributed by atoms with Crippen LogP contribution in [0.2, 0.25) is 0 Å². The van der Waals surface area contributed by atoms with Gasteiger partial charge in [-0.05, 0) is 25.1 Å². The lowest BCUT2D eigenvalue weighted by molar-refractivity contribution is -0.116. The van der Waals surface area contributed by atoms with E-state index >= 15 is 0 Å². The van der Waals surface area contributed by atoms with Crippen LogP contribution in [0.25, 0.3) is 11.0 Å². The van der Waals surface area contributed by atoms with Crippen molar-refractivity contribution in [3.05, 3.63) is 52.4 Å². The van der Waals surface area contributed by atoms with E-state index in [-0.39, 0.29) is 36.0 Å². The maximum Gasteiger partial charge on any atom is 0.329 e. The highest BCUT2D eigenvalue weighted by molar-refractivity contribution is 6.04. The van der Waals surface area contributed by atoms with Crippen LogP contribution >= 0.6 is 0 Å². The summed E-state index contributed by atoms with van der Waals surface area (Å²) in [4.78, 5) is 39.6. The zero-order valence-corrected chi connectivity index (χ0v) is 19.0. The van der Waals surface area contributed by atoms with Gasteiger partial charge in [-0.1, -0.05) is 12.1 Å². The number of benzene rings is 2. The number of aromatic nitrogens is 2. The molecule has 2 amide bonds. The van der Waals surface area contributed by atoms with Gasteiger partial charge in [-0.25, -0.2) is 4.79 Å². The molecule has 3 aromatic rings. The molecule has 170 valence electrons. The van der Waals surface area contributed by atoms with Crippen molar-refractivity contribution in [3.8, 4) is 11.5 Å². The zero-order chi connectivity index (χ0) is 23.4. The number of imidazole rings is 1. The molecule has 9 heteroatoms. The lowest BCUT2D eigenvalue weighted by Gasteiger charge is -2.18. The first kappa shape index (κ1) is 22.9. The van der Waals surface area contributed by atoms with Crippen LogP contribution in [0.4, 0.5) is 5.69 Å². The van der Waals surface area contributed by atoms with E-state index in [4.69, 9.17) is 9.47 Å². The molecule has 0 saturated carbocycles. The van der Waals surface area contributed by atoms with E-state index in [0.29, 0.717) is 23.7 Å². The van der Waals surface area contributed by atoms with Gasteiger partial charge in [-0.15, -0.1) is 0 Å². The summed E-state index contributed by atoms with van der Waals surface area (Å²) in [6, 6.07) is 10.6. The number of rotatable bonds is 8. The Morgan fingerprint density at radius 2 is 1.59 bits per heavy atom. The summed E-state index contributed by atoms with van der Waals surface area (Å²) in [5.74, 6) is 0.156. The quantitative estimate of drug-likeness (QED) is 0.581. The van der Waals surface area contributed by atoms with Gasteiger partial charge in [0.15, 0.2) is 11.5 Å². The lowest BCUT2D eigenvalue weighted by Crippen LogP contribution is -2.27. The van der Waals surface area contributed by atoms with Crippen LogP contribution < -0.4 is 20.5 Å². The molecule has 0 radical (unpaired) electrons. The first-order valence-electron chi connectivity index (χ1n) is 10.3. The fourth-order valence-corrected chi connectivity index (χ4v) is 3.62. The predicted molar refractivity (Wildman–Crippen MR) is 123 cm³/mol. The van der Waals surface area contributed by atoms with E-state index in [0.717, 1.165) is 11.0 Å². The Kier molecular flexibility index (Phi) is 6.87. The van der Waals surface area contributed by atoms with Crippen molar-refractivity contribution in [2.75, 3.05) is 33.6 Å². The van der Waals surface area contributed by atoms with Crippen LogP contribution in [-0.2, 0) is 17.9 Å². The number of methoxy groups -OCH3 is 2. The standard InChI is InChI=1S/C23H28N4O5/c1-6-26-17-9-7-8-10-18(17)27(23(26)30)12-11-21(28)24-16-14-20(32-5)19(31-4)13-15(16)22(29)25(2)3/h7-10,13-14H,6,11-12H2,1-5H3,(H,24,28). The van der Waals surface area contributed by atoms with Crippen LogP contribution in [0.15, 0.2) is 41.2 Å². The largest absolute Gasteiger partial charge is 0.493 e. The minimum absolute atomic E-state index is 0.0571. The number of carbonyl (C=O) groups excluding carboxylic acids is 2. The molecule has 32 heavy (non-hydrogen) atoms. The molecular weight excluding hydrogens is 412 g/mol. The Morgan fingerprint density at radius 3 is 2.16 bits per heavy atom. The maximum absolute atomic E-state index is 12.8. The molecule has 0 atom stereocenters. The van der Waals surface area contributed by atoms with Crippen molar-refractivity contribution in [2.45, 2.75) is 26.4 Å². The third-order valence-corrected chi connectivity index (χ3v) is 5.24. The third-order valence-electron chi connectivity index (χ3n) is 5.24. The van der Waals surface area contributed by atoms with Crippen LogP contribution in [0, 0.1) is 0 Å². The first-order valence-corrected chi connectivity index (χ1v) is 10.3. The predicted octanol–water partition coefficient (Wildman–Crippen LogP) is 2.57. The molecule has 1 heterocycles. The fraction of sp³-hybridized carbons (Fsp3) is 0.348. The van der Waals surface area contributed by atoms with Gasteiger partial charge in [0.1, 0.15) is 0 Å². The highest BCUT2D eigenvalue weighted by atomic mass is 16.5. The molecule has 1 N–H and O–H groups in total. The molecule has 2 aromatic carbocycles. The van der Waals surface area contributed by atoms with Crippen molar-refractivity contribution in [1.29, 1.82) is 0 Å². The summed E-state index contributed by atoms with van der Waals surface area (Å²) in [7, 11) is 6.21. The first-order chi connectivity index (χ1) is 15.3. The van der Waals surface area contributed by atoms with Crippen molar-refractivity contribution in [2.24, 2.45) is 0 Å². The van der Waals surface area contributed by atoms with E-state index in [1.807, 2.05) is 31.2 Å². The second-order valence-electron chi connectivity index (χ2n) is 7.42. The maximum atomic E-state index is 12.8. The summed E-state index contributed by atoms with van der Waals surface area (Å²) in [5.41, 5.74) is 2.05. The number of nitrogens with zero attached hydrogens (tertiary/aromatic N) is 3. The van der Waals surface area contributed by atoms with Gasteiger partial charge >= 0.3 is 5.69 Å². The number of anilines is 1. The van der Waals surface area contributed by atoms with E-state index < -0.39 is 0 Å². The van der Waals surface area contributed by atoms with Crippen molar-refractivity contribution < 1.29 is 19.1 Å². The number of nitrogens with one attached hydrogen (secondary N) is 1. The van der Waals surface area contributed by atoms with Crippen molar-refractivity contribution >= 4 is 28.5 Å². The Morgan fingerprint density at radius 1 is 1.00 bits per heavy atom. The summed E-state index contributed by atoms with van der Waals surface area (Å²) in [6.07, 6.45) is 0.0571. The smallest absolute Gasteiger partial charge is 0.329 e. The minimum Gasteiger partial charge on any atom is -0.493 e. The lowest BCUT2D eigenvalue weighted by atomic mass is 10.1. The molecule has 9 nitrogen and oxygen atoms in total. The average Bonchev–Trinajstić information content (AvgIpc) is 3.07. The third kappa shape index (κ3) is 4.32. The van der Waals surface area contributed by atoms with Gasteiger partial charge in [-0.2, -0.15) is 0 Å². The molecule has 0 saturated heterocycles. The number of amides is 2. The zero-order valence-electron chi connectivity index (χ0n) is 19.0. The SMILES string of the molecule is CCn1c(=O)n(CCC(=O)Nc2cc(OC)c(OC)cc2C(=O)N(C)C)c2ccccc21. The molecule has 0 spiro atoms. The van der Waals surface area contributed by atoms with Crippen molar-refractivity contribution in [1.82, 2.24) is 14.0 Å². The Balaban J connectivity index is 1.87. The minimum atomic E-state index is -0.328. The number of fused-ring (bicyclic) bond motifs is 1. The fourth-order valence-electron chi connectivity index (χ4n) is 3.62. The van der Waals surface area contributed by atoms with Gasteiger partial charge in [0.25, 0.3) is 5.91 Å². The summed E-state index contributed by atoms with van der Waals surface area (Å²) in [5, 5.41) is 2.79. The molecule has 0 fully saturated rings.